The number of furan rings is 1. The van der Waals surface area contributed by atoms with Crippen LogP contribution in [-0.4, -0.2) is 28.9 Å². The van der Waals surface area contributed by atoms with Crippen molar-refractivity contribution in [1.82, 2.24) is 9.78 Å². The van der Waals surface area contributed by atoms with Crippen LogP contribution < -0.4 is 19.5 Å². The zero-order chi connectivity index (χ0) is 26.0. The fourth-order valence-corrected chi connectivity index (χ4v) is 3.78. The SMILES string of the molecule is C=CCc1ccccc1OCc1ccc(C(=O)Nc2cnn(Cc3ccc(OCC)c(OCC)c3)c2)o1. The second-order valence-electron chi connectivity index (χ2n) is 8.18. The van der Waals surface area contributed by atoms with Crippen molar-refractivity contribution in [3.05, 3.63) is 102 Å². The number of benzene rings is 2. The Balaban J connectivity index is 1.34. The van der Waals surface area contributed by atoms with Gasteiger partial charge in [0.15, 0.2) is 17.3 Å². The number of nitrogens with one attached hydrogen (secondary N) is 1. The average Bonchev–Trinajstić information content (AvgIpc) is 3.55. The monoisotopic (exact) mass is 501 g/mol. The molecular formula is C29H31N3O5. The van der Waals surface area contributed by atoms with Crippen molar-refractivity contribution in [2.45, 2.75) is 33.4 Å². The molecular weight excluding hydrogens is 470 g/mol. The van der Waals surface area contributed by atoms with Gasteiger partial charge < -0.3 is 23.9 Å². The van der Waals surface area contributed by atoms with Crippen molar-refractivity contribution in [2.75, 3.05) is 18.5 Å². The first-order chi connectivity index (χ1) is 18.1. The molecule has 0 saturated carbocycles. The molecule has 0 atom stereocenters. The largest absolute Gasteiger partial charge is 0.490 e. The highest BCUT2D eigenvalue weighted by atomic mass is 16.5. The van der Waals surface area contributed by atoms with Gasteiger partial charge >= 0.3 is 0 Å². The Morgan fingerprint density at radius 3 is 2.65 bits per heavy atom. The minimum Gasteiger partial charge on any atom is -0.490 e. The highest BCUT2D eigenvalue weighted by Gasteiger charge is 2.14. The Kier molecular flexibility index (Phi) is 8.65. The number of hydrogen-bond acceptors (Lipinski definition) is 6. The third-order valence-corrected chi connectivity index (χ3v) is 5.44. The van der Waals surface area contributed by atoms with Crippen molar-refractivity contribution in [2.24, 2.45) is 0 Å². The lowest BCUT2D eigenvalue weighted by molar-refractivity contribution is 0.0992. The van der Waals surface area contributed by atoms with Crippen molar-refractivity contribution in [3.63, 3.8) is 0 Å². The van der Waals surface area contributed by atoms with E-state index >= 15 is 0 Å². The van der Waals surface area contributed by atoms with E-state index in [0.717, 1.165) is 16.9 Å². The molecule has 4 rings (SSSR count). The molecule has 192 valence electrons. The van der Waals surface area contributed by atoms with Gasteiger partial charge in [0.2, 0.25) is 0 Å². The van der Waals surface area contributed by atoms with E-state index in [-0.39, 0.29) is 18.3 Å². The summed E-state index contributed by atoms with van der Waals surface area (Å²) in [6, 6.07) is 16.9. The van der Waals surface area contributed by atoms with E-state index in [1.165, 1.54) is 0 Å². The van der Waals surface area contributed by atoms with Gasteiger partial charge in [-0.25, -0.2) is 0 Å². The molecule has 0 aliphatic carbocycles. The Labute approximate surface area is 216 Å². The van der Waals surface area contributed by atoms with E-state index in [4.69, 9.17) is 18.6 Å². The predicted molar refractivity (Wildman–Crippen MR) is 141 cm³/mol. The van der Waals surface area contributed by atoms with Crippen LogP contribution in [0.2, 0.25) is 0 Å². The fourth-order valence-electron chi connectivity index (χ4n) is 3.78. The van der Waals surface area contributed by atoms with E-state index in [1.54, 1.807) is 29.2 Å². The quantitative estimate of drug-likeness (QED) is 0.230. The first-order valence-electron chi connectivity index (χ1n) is 12.2. The minimum atomic E-state index is -0.363. The summed E-state index contributed by atoms with van der Waals surface area (Å²) < 4.78 is 24.7. The third-order valence-electron chi connectivity index (χ3n) is 5.44. The summed E-state index contributed by atoms with van der Waals surface area (Å²) in [5, 5.41) is 7.18. The van der Waals surface area contributed by atoms with E-state index in [0.29, 0.717) is 49.1 Å². The normalized spacial score (nSPS) is 10.6. The molecule has 2 aromatic carbocycles. The molecule has 8 heteroatoms. The van der Waals surface area contributed by atoms with E-state index < -0.39 is 0 Å². The first-order valence-corrected chi connectivity index (χ1v) is 12.2. The smallest absolute Gasteiger partial charge is 0.291 e. The average molecular weight is 502 g/mol. The third kappa shape index (κ3) is 6.82. The van der Waals surface area contributed by atoms with E-state index in [9.17, 15) is 4.79 Å². The Morgan fingerprint density at radius 1 is 1.03 bits per heavy atom. The van der Waals surface area contributed by atoms with Gasteiger partial charge in [0.25, 0.3) is 5.91 Å². The molecule has 0 spiro atoms. The van der Waals surface area contributed by atoms with Crippen molar-refractivity contribution in [3.8, 4) is 17.2 Å². The van der Waals surface area contributed by atoms with Crippen LogP contribution in [0.25, 0.3) is 0 Å². The molecule has 8 nitrogen and oxygen atoms in total. The van der Waals surface area contributed by atoms with Crippen molar-refractivity contribution >= 4 is 11.6 Å². The van der Waals surface area contributed by atoms with E-state index in [2.05, 4.69) is 17.0 Å². The molecule has 37 heavy (non-hydrogen) atoms. The second kappa shape index (κ2) is 12.5. The van der Waals surface area contributed by atoms with Crippen LogP contribution in [-0.2, 0) is 19.6 Å². The number of ether oxygens (including phenoxy) is 3. The van der Waals surface area contributed by atoms with Gasteiger partial charge in [0, 0.05) is 6.20 Å². The molecule has 1 N–H and O–H groups in total. The van der Waals surface area contributed by atoms with Crippen LogP contribution in [0.4, 0.5) is 5.69 Å². The molecule has 0 bridgehead atoms. The van der Waals surface area contributed by atoms with Crippen molar-refractivity contribution in [1.29, 1.82) is 0 Å². The van der Waals surface area contributed by atoms with Gasteiger partial charge in [-0.15, -0.1) is 6.58 Å². The molecule has 2 heterocycles. The summed E-state index contributed by atoms with van der Waals surface area (Å²) in [5.41, 5.74) is 2.60. The van der Waals surface area contributed by atoms with Crippen LogP contribution in [0.5, 0.6) is 17.2 Å². The maximum absolute atomic E-state index is 12.7. The fraction of sp³-hybridized carbons (Fsp3) is 0.241. The Morgan fingerprint density at radius 2 is 1.84 bits per heavy atom. The maximum Gasteiger partial charge on any atom is 0.291 e. The van der Waals surface area contributed by atoms with Gasteiger partial charge in [0.1, 0.15) is 18.1 Å². The summed E-state index contributed by atoms with van der Waals surface area (Å²) in [7, 11) is 0. The first kappa shape index (κ1) is 25.6. The van der Waals surface area contributed by atoms with Gasteiger partial charge in [-0.3, -0.25) is 9.48 Å². The van der Waals surface area contributed by atoms with Crippen LogP contribution in [0, 0.1) is 0 Å². The van der Waals surface area contributed by atoms with Gasteiger partial charge in [-0.05, 0) is 61.7 Å². The Hall–Kier alpha value is -4.46. The van der Waals surface area contributed by atoms with Gasteiger partial charge in [-0.1, -0.05) is 30.3 Å². The topological polar surface area (TPSA) is 87.8 Å². The lowest BCUT2D eigenvalue weighted by Crippen LogP contribution is -2.10. The van der Waals surface area contributed by atoms with Crippen LogP contribution >= 0.6 is 0 Å². The molecule has 2 aromatic heterocycles. The lowest BCUT2D eigenvalue weighted by atomic mass is 10.1. The number of amides is 1. The number of anilines is 1. The highest BCUT2D eigenvalue weighted by molar-refractivity contribution is 6.02. The van der Waals surface area contributed by atoms with E-state index in [1.807, 2.05) is 62.4 Å². The molecule has 1 amide bonds. The number of rotatable bonds is 13. The van der Waals surface area contributed by atoms with Crippen LogP contribution in [0.15, 0.2) is 84.1 Å². The molecule has 0 saturated heterocycles. The van der Waals surface area contributed by atoms with Gasteiger partial charge in [0.05, 0.1) is 31.6 Å². The van der Waals surface area contributed by atoms with Crippen LogP contribution in [0.1, 0.15) is 41.3 Å². The second-order valence-corrected chi connectivity index (χ2v) is 8.18. The minimum absolute atomic E-state index is 0.193. The zero-order valence-corrected chi connectivity index (χ0v) is 21.1. The van der Waals surface area contributed by atoms with Crippen molar-refractivity contribution < 1.29 is 23.4 Å². The predicted octanol–water partition coefficient (Wildman–Crippen LogP) is 5.88. The molecule has 0 radical (unpaired) electrons. The molecule has 0 unspecified atom stereocenters. The number of hydrogen-bond donors (Lipinski definition) is 1. The van der Waals surface area contributed by atoms with Gasteiger partial charge in [-0.2, -0.15) is 5.10 Å². The molecule has 0 aliphatic rings. The highest BCUT2D eigenvalue weighted by Crippen LogP contribution is 2.29. The summed E-state index contributed by atoms with van der Waals surface area (Å²) >= 11 is 0. The lowest BCUT2D eigenvalue weighted by Gasteiger charge is -2.12. The molecule has 0 aliphatic heterocycles. The number of allylic oxidation sites excluding steroid dienone is 1. The number of nitrogens with zero attached hydrogens (tertiary/aromatic N) is 2. The summed E-state index contributed by atoms with van der Waals surface area (Å²) in [6.07, 6.45) is 5.90. The zero-order valence-electron chi connectivity index (χ0n) is 21.1. The number of para-hydroxylation sites is 1. The number of carbonyl (C=O) groups excluding carboxylic acids is 1. The van der Waals surface area contributed by atoms with Crippen LogP contribution in [0.3, 0.4) is 0 Å². The summed E-state index contributed by atoms with van der Waals surface area (Å²) in [4.78, 5) is 12.7. The summed E-state index contributed by atoms with van der Waals surface area (Å²) in [6.45, 7) is 9.49. The summed E-state index contributed by atoms with van der Waals surface area (Å²) in [5.74, 6) is 2.55. The number of aromatic nitrogens is 2. The maximum atomic E-state index is 12.7. The standard InChI is InChI=1S/C29H31N3O5/c1-4-9-22-10-7-8-11-25(22)36-20-24-13-15-27(37-24)29(33)31-23-17-30-32(19-23)18-21-12-14-26(34-5-2)28(16-21)35-6-3/h4,7-8,10-17,19H,1,5-6,9,18,20H2,2-3H3,(H,31,33). The number of carbonyl (C=O) groups is 1. The Bertz CT molecular complexity index is 1340. The molecule has 0 fully saturated rings. The molecule has 4 aromatic rings.